The first-order chi connectivity index (χ1) is 9.29. The van der Waals surface area contributed by atoms with Gasteiger partial charge in [-0.15, -0.1) is 6.58 Å². The summed E-state index contributed by atoms with van der Waals surface area (Å²) in [4.78, 5) is 11.7. The van der Waals surface area contributed by atoms with Gasteiger partial charge in [0.25, 0.3) is 0 Å². The minimum atomic E-state index is -0.0800. The Morgan fingerprint density at radius 2 is 2.32 bits per heavy atom. The maximum absolute atomic E-state index is 11.7. The second-order valence-electron chi connectivity index (χ2n) is 4.02. The first kappa shape index (κ1) is 13.0. The second-order valence-corrected chi connectivity index (χ2v) is 4.02. The molecule has 1 heterocycles. The molecule has 1 aromatic carbocycles. The number of hydrogen-bond donors (Lipinski definition) is 3. The number of carbonyl (C=O) groups is 1. The van der Waals surface area contributed by atoms with E-state index in [1.165, 1.54) is 0 Å². The van der Waals surface area contributed by atoms with E-state index in [4.69, 9.17) is 0 Å². The van der Waals surface area contributed by atoms with Crippen LogP contribution in [0.4, 0.5) is 5.69 Å². The molecule has 0 aliphatic heterocycles. The van der Waals surface area contributed by atoms with E-state index in [1.807, 2.05) is 30.3 Å². The van der Waals surface area contributed by atoms with Gasteiger partial charge < -0.3 is 10.6 Å². The molecule has 19 heavy (non-hydrogen) atoms. The molecule has 0 bridgehead atoms. The molecule has 0 radical (unpaired) electrons. The zero-order valence-electron chi connectivity index (χ0n) is 10.5. The van der Waals surface area contributed by atoms with Gasteiger partial charge >= 0.3 is 0 Å². The zero-order valence-corrected chi connectivity index (χ0v) is 10.5. The Morgan fingerprint density at radius 3 is 3.05 bits per heavy atom. The van der Waals surface area contributed by atoms with Gasteiger partial charge in [0.1, 0.15) is 0 Å². The van der Waals surface area contributed by atoms with E-state index in [2.05, 4.69) is 27.4 Å². The third-order valence-electron chi connectivity index (χ3n) is 2.53. The first-order valence-corrected chi connectivity index (χ1v) is 6.01. The molecular weight excluding hydrogens is 240 g/mol. The summed E-state index contributed by atoms with van der Waals surface area (Å²) < 4.78 is 0. The number of anilines is 1. The van der Waals surface area contributed by atoms with Gasteiger partial charge in [-0.2, -0.15) is 5.10 Å². The van der Waals surface area contributed by atoms with E-state index in [1.54, 1.807) is 12.3 Å². The molecule has 0 unspecified atom stereocenters. The van der Waals surface area contributed by atoms with Crippen molar-refractivity contribution in [3.63, 3.8) is 0 Å². The maximum atomic E-state index is 11.7. The highest BCUT2D eigenvalue weighted by atomic mass is 16.1. The quantitative estimate of drug-likeness (QED) is 0.545. The van der Waals surface area contributed by atoms with Crippen LogP contribution in [0.2, 0.25) is 0 Å². The molecule has 5 nitrogen and oxygen atoms in total. The van der Waals surface area contributed by atoms with Crippen LogP contribution in [0.25, 0.3) is 11.3 Å². The third-order valence-corrected chi connectivity index (χ3v) is 2.53. The third kappa shape index (κ3) is 3.79. The highest BCUT2D eigenvalue weighted by molar-refractivity contribution is 5.92. The van der Waals surface area contributed by atoms with Crippen LogP contribution in [0.5, 0.6) is 0 Å². The summed E-state index contributed by atoms with van der Waals surface area (Å²) in [5.41, 5.74) is 2.66. The zero-order chi connectivity index (χ0) is 13.5. The lowest BCUT2D eigenvalue weighted by atomic mass is 10.1. The molecule has 0 fully saturated rings. The van der Waals surface area contributed by atoms with Crippen LogP contribution in [0.3, 0.4) is 0 Å². The Morgan fingerprint density at radius 1 is 1.42 bits per heavy atom. The number of H-pyrrole nitrogens is 1. The smallest absolute Gasteiger partial charge is 0.238 e. The molecule has 1 amide bonds. The minimum absolute atomic E-state index is 0.0800. The number of amides is 1. The van der Waals surface area contributed by atoms with Crippen LogP contribution >= 0.6 is 0 Å². The van der Waals surface area contributed by atoms with Gasteiger partial charge in [0.05, 0.1) is 12.2 Å². The summed E-state index contributed by atoms with van der Waals surface area (Å²) in [6, 6.07) is 9.48. The van der Waals surface area contributed by atoms with Crippen molar-refractivity contribution in [2.24, 2.45) is 0 Å². The van der Waals surface area contributed by atoms with Crippen molar-refractivity contribution in [3.05, 3.63) is 49.2 Å². The minimum Gasteiger partial charge on any atom is -0.325 e. The lowest BCUT2D eigenvalue weighted by molar-refractivity contribution is -0.115. The van der Waals surface area contributed by atoms with E-state index < -0.39 is 0 Å². The number of benzene rings is 1. The van der Waals surface area contributed by atoms with Crippen molar-refractivity contribution in [2.45, 2.75) is 0 Å². The van der Waals surface area contributed by atoms with Crippen LogP contribution in [0.15, 0.2) is 49.2 Å². The molecular formula is C14H16N4O. The van der Waals surface area contributed by atoms with Gasteiger partial charge in [0, 0.05) is 24.0 Å². The SMILES string of the molecule is C=CCNCC(=O)Nc1cccc(-c2ccn[nH]2)c1. The van der Waals surface area contributed by atoms with Crippen molar-refractivity contribution in [3.8, 4) is 11.3 Å². The van der Waals surface area contributed by atoms with Crippen molar-refractivity contribution in [2.75, 3.05) is 18.4 Å². The lowest BCUT2D eigenvalue weighted by Crippen LogP contribution is -2.28. The van der Waals surface area contributed by atoms with Crippen LogP contribution in [-0.4, -0.2) is 29.2 Å². The van der Waals surface area contributed by atoms with Crippen molar-refractivity contribution < 1.29 is 4.79 Å². The summed E-state index contributed by atoms with van der Waals surface area (Å²) in [6.07, 6.45) is 3.41. The summed E-state index contributed by atoms with van der Waals surface area (Å²) >= 11 is 0. The molecule has 0 spiro atoms. The fraction of sp³-hybridized carbons (Fsp3) is 0.143. The normalized spacial score (nSPS) is 10.1. The Labute approximate surface area is 111 Å². The molecule has 0 saturated heterocycles. The number of carbonyl (C=O) groups excluding carboxylic acids is 1. The number of nitrogens with zero attached hydrogens (tertiary/aromatic N) is 1. The Bertz CT molecular complexity index is 548. The number of aromatic nitrogens is 2. The summed E-state index contributed by atoms with van der Waals surface area (Å²) in [7, 11) is 0. The molecule has 2 aromatic rings. The average Bonchev–Trinajstić information content (AvgIpc) is 2.93. The first-order valence-electron chi connectivity index (χ1n) is 6.01. The second kappa shape index (κ2) is 6.51. The highest BCUT2D eigenvalue weighted by Gasteiger charge is 2.03. The van der Waals surface area contributed by atoms with E-state index in [9.17, 15) is 4.79 Å². The van der Waals surface area contributed by atoms with Gasteiger partial charge in [-0.25, -0.2) is 0 Å². The maximum Gasteiger partial charge on any atom is 0.238 e. The fourth-order valence-corrected chi connectivity index (χ4v) is 1.67. The monoisotopic (exact) mass is 256 g/mol. The van der Waals surface area contributed by atoms with Crippen molar-refractivity contribution in [1.82, 2.24) is 15.5 Å². The molecule has 0 atom stereocenters. The van der Waals surface area contributed by atoms with Crippen LogP contribution in [0, 0.1) is 0 Å². The molecule has 1 aromatic heterocycles. The highest BCUT2D eigenvalue weighted by Crippen LogP contribution is 2.20. The van der Waals surface area contributed by atoms with Crippen molar-refractivity contribution >= 4 is 11.6 Å². The largest absolute Gasteiger partial charge is 0.325 e. The van der Waals surface area contributed by atoms with Crippen LogP contribution in [-0.2, 0) is 4.79 Å². The van der Waals surface area contributed by atoms with Crippen LogP contribution < -0.4 is 10.6 Å². The molecule has 2 rings (SSSR count). The molecule has 0 aliphatic carbocycles. The van der Waals surface area contributed by atoms with Crippen molar-refractivity contribution in [1.29, 1.82) is 0 Å². The standard InChI is InChI=1S/C14H16N4O/c1-2-7-15-10-14(19)17-12-5-3-4-11(9-12)13-6-8-16-18-13/h2-6,8-9,15H,1,7,10H2,(H,16,18)(H,17,19). The number of aromatic amines is 1. The molecule has 5 heteroatoms. The Kier molecular flexibility index (Phi) is 4.47. The Hall–Kier alpha value is -2.40. The van der Waals surface area contributed by atoms with Gasteiger partial charge in [-0.1, -0.05) is 18.2 Å². The molecule has 0 saturated carbocycles. The van der Waals surface area contributed by atoms with E-state index in [-0.39, 0.29) is 12.5 Å². The van der Waals surface area contributed by atoms with E-state index in [0.717, 1.165) is 16.9 Å². The summed E-state index contributed by atoms with van der Waals surface area (Å²) in [5.74, 6) is -0.0800. The van der Waals surface area contributed by atoms with Gasteiger partial charge in [-0.05, 0) is 18.2 Å². The summed E-state index contributed by atoms with van der Waals surface area (Å²) in [6.45, 7) is 4.45. The van der Waals surface area contributed by atoms with E-state index >= 15 is 0 Å². The fourth-order valence-electron chi connectivity index (χ4n) is 1.67. The summed E-state index contributed by atoms with van der Waals surface area (Å²) in [5, 5.41) is 12.6. The van der Waals surface area contributed by atoms with Crippen LogP contribution in [0.1, 0.15) is 0 Å². The van der Waals surface area contributed by atoms with Gasteiger partial charge in [-0.3, -0.25) is 9.89 Å². The predicted molar refractivity (Wildman–Crippen MR) is 75.7 cm³/mol. The van der Waals surface area contributed by atoms with Gasteiger partial charge in [0.15, 0.2) is 0 Å². The van der Waals surface area contributed by atoms with Gasteiger partial charge in [0.2, 0.25) is 5.91 Å². The Balaban J connectivity index is 1.99. The van der Waals surface area contributed by atoms with E-state index in [0.29, 0.717) is 6.54 Å². The predicted octanol–water partition coefficient (Wildman–Crippen LogP) is 1.79. The molecule has 3 N–H and O–H groups in total. The molecule has 0 aliphatic rings. The number of rotatable bonds is 6. The average molecular weight is 256 g/mol. The topological polar surface area (TPSA) is 69.8 Å². The lowest BCUT2D eigenvalue weighted by Gasteiger charge is -2.07. The number of nitrogens with one attached hydrogen (secondary N) is 3. The molecule has 98 valence electrons. The number of hydrogen-bond acceptors (Lipinski definition) is 3.